The lowest BCUT2D eigenvalue weighted by Gasteiger charge is -2.04. The molecule has 0 amide bonds. The van der Waals surface area contributed by atoms with Gasteiger partial charge in [-0.1, -0.05) is 25.1 Å². The fourth-order valence-corrected chi connectivity index (χ4v) is 2.71. The first-order valence-electron chi connectivity index (χ1n) is 7.76. The number of carbonyl (C=O) groups is 1. The van der Waals surface area contributed by atoms with E-state index in [0.717, 1.165) is 17.9 Å². The molecule has 0 radical (unpaired) electrons. The number of fused-ring (bicyclic) bond motifs is 1. The molecule has 3 nitrogen and oxygen atoms in total. The van der Waals surface area contributed by atoms with Crippen molar-refractivity contribution in [3.05, 3.63) is 48.5 Å². The van der Waals surface area contributed by atoms with Gasteiger partial charge in [0.2, 0.25) is 0 Å². The van der Waals surface area contributed by atoms with Crippen molar-refractivity contribution in [3.8, 4) is 16.9 Å². The molecule has 2 aliphatic rings. The summed E-state index contributed by atoms with van der Waals surface area (Å²) in [6, 6.07) is 16.4. The third-order valence-electron chi connectivity index (χ3n) is 3.28. The van der Waals surface area contributed by atoms with Crippen LogP contribution in [0.1, 0.15) is 19.8 Å². The lowest BCUT2D eigenvalue weighted by atomic mass is 10.3. The van der Waals surface area contributed by atoms with E-state index in [0.29, 0.717) is 13.0 Å². The topological polar surface area (TPSA) is 35.5 Å². The molecule has 122 valence electrons. The van der Waals surface area contributed by atoms with E-state index in [9.17, 15) is 4.79 Å². The van der Waals surface area contributed by atoms with E-state index in [4.69, 9.17) is 9.47 Å². The molecule has 0 N–H and O–H groups in total. The van der Waals surface area contributed by atoms with Crippen LogP contribution in [0.3, 0.4) is 0 Å². The lowest BCUT2D eigenvalue weighted by molar-refractivity contribution is -0.143. The minimum Gasteiger partial charge on any atom is -0.497 e. The fourth-order valence-electron chi connectivity index (χ4n) is 1.88. The number of methoxy groups -OCH3 is 1. The number of hydrogen-bond donors (Lipinski definition) is 0. The maximum absolute atomic E-state index is 10.9. The third kappa shape index (κ3) is 6.37. The van der Waals surface area contributed by atoms with Gasteiger partial charge in [-0.3, -0.25) is 4.79 Å². The highest BCUT2D eigenvalue weighted by Gasteiger charge is 2.07. The van der Waals surface area contributed by atoms with Crippen LogP contribution in [0.25, 0.3) is 11.1 Å². The molecule has 0 atom stereocenters. The molecule has 0 fully saturated rings. The van der Waals surface area contributed by atoms with Gasteiger partial charge in [0.1, 0.15) is 5.75 Å². The van der Waals surface area contributed by atoms with Crippen LogP contribution in [0.4, 0.5) is 0 Å². The predicted molar refractivity (Wildman–Crippen MR) is 95.0 cm³/mol. The molecule has 0 bridgehead atoms. The van der Waals surface area contributed by atoms with Crippen LogP contribution in [-0.2, 0) is 9.53 Å². The van der Waals surface area contributed by atoms with Gasteiger partial charge < -0.3 is 9.47 Å². The molecular weight excluding hydrogens is 308 g/mol. The summed E-state index contributed by atoms with van der Waals surface area (Å²) in [6.45, 7) is 2.31. The first-order chi connectivity index (χ1) is 11.2. The lowest BCUT2D eigenvalue weighted by Crippen LogP contribution is -2.04. The van der Waals surface area contributed by atoms with Gasteiger partial charge >= 0.3 is 5.97 Å². The maximum atomic E-state index is 10.9. The summed E-state index contributed by atoms with van der Waals surface area (Å²) < 4.78 is 10.1. The fraction of sp³-hybridized carbons (Fsp3) is 0.316. The Hall–Kier alpha value is -1.94. The van der Waals surface area contributed by atoms with Crippen molar-refractivity contribution in [2.45, 2.75) is 24.7 Å². The van der Waals surface area contributed by atoms with Crippen LogP contribution in [0.15, 0.2) is 53.4 Å². The third-order valence-corrected chi connectivity index (χ3v) is 4.38. The second kappa shape index (κ2) is 9.26. The van der Waals surface area contributed by atoms with Crippen molar-refractivity contribution >= 4 is 17.7 Å². The standard InChI is InChI=1S/C13H18O3S.C6H4/c1-3-13(14)16-9-4-10-17-12-7-5-11(15-2)6-8-12;1-2-5-4-6(5)3-1/h5-8H,3-4,9-10H2,1-2H3;1-4H. The SMILES string of the molecule is CCC(=O)OCCCSc1ccc(OC)cc1.c1cc2cc-2c1. The van der Waals surface area contributed by atoms with E-state index in [1.807, 2.05) is 24.3 Å². The summed E-state index contributed by atoms with van der Waals surface area (Å²) >= 11 is 1.75. The molecule has 0 heterocycles. The smallest absolute Gasteiger partial charge is 0.305 e. The molecule has 23 heavy (non-hydrogen) atoms. The van der Waals surface area contributed by atoms with Gasteiger partial charge in [-0.2, -0.15) is 0 Å². The highest BCUT2D eigenvalue weighted by atomic mass is 32.2. The monoisotopic (exact) mass is 330 g/mol. The first kappa shape index (κ1) is 17.4. The van der Waals surface area contributed by atoms with E-state index < -0.39 is 0 Å². The van der Waals surface area contributed by atoms with E-state index in [-0.39, 0.29) is 5.97 Å². The summed E-state index contributed by atoms with van der Waals surface area (Å²) in [7, 11) is 1.66. The Bertz CT molecular complexity index is 606. The van der Waals surface area contributed by atoms with Crippen molar-refractivity contribution < 1.29 is 14.3 Å². The second-order valence-electron chi connectivity index (χ2n) is 5.03. The Labute approximate surface area is 142 Å². The molecule has 3 rings (SSSR count). The Balaban J connectivity index is 0.000000260. The summed E-state index contributed by atoms with van der Waals surface area (Å²) in [4.78, 5) is 12.1. The van der Waals surface area contributed by atoms with Crippen LogP contribution in [0, 0.1) is 0 Å². The number of thioether (sulfide) groups is 1. The molecule has 0 saturated heterocycles. The van der Waals surface area contributed by atoms with Crippen molar-refractivity contribution in [1.29, 1.82) is 0 Å². The molecule has 0 spiro atoms. The molecular formula is C19H22O3S. The Morgan fingerprint density at radius 1 is 1.09 bits per heavy atom. The zero-order valence-corrected chi connectivity index (χ0v) is 14.4. The normalized spacial score (nSPS) is 10.3. The van der Waals surface area contributed by atoms with Gasteiger partial charge in [0.25, 0.3) is 0 Å². The molecule has 1 aromatic rings. The van der Waals surface area contributed by atoms with E-state index in [2.05, 4.69) is 24.3 Å². The number of ether oxygens (including phenoxy) is 2. The number of hydrogen-bond acceptors (Lipinski definition) is 4. The van der Waals surface area contributed by atoms with Crippen LogP contribution in [0.2, 0.25) is 0 Å². The number of carbonyl (C=O) groups excluding carboxylic acids is 1. The zero-order chi connectivity index (χ0) is 16.5. The molecule has 4 heteroatoms. The average Bonchev–Trinajstić information content (AvgIpc) is 3.20. The number of esters is 1. The van der Waals surface area contributed by atoms with Crippen molar-refractivity contribution in [2.24, 2.45) is 0 Å². The molecule has 2 aliphatic carbocycles. The maximum Gasteiger partial charge on any atom is 0.305 e. The minimum absolute atomic E-state index is 0.126. The van der Waals surface area contributed by atoms with Crippen molar-refractivity contribution in [2.75, 3.05) is 19.5 Å². The number of benzene rings is 2. The zero-order valence-electron chi connectivity index (χ0n) is 13.6. The Morgan fingerprint density at radius 2 is 1.78 bits per heavy atom. The van der Waals surface area contributed by atoms with E-state index in [1.165, 1.54) is 16.0 Å². The summed E-state index contributed by atoms with van der Waals surface area (Å²) in [5.41, 5.74) is 2.85. The van der Waals surface area contributed by atoms with Crippen LogP contribution >= 0.6 is 11.8 Å². The molecule has 0 aliphatic heterocycles. The van der Waals surface area contributed by atoms with Crippen LogP contribution in [-0.4, -0.2) is 25.4 Å². The van der Waals surface area contributed by atoms with Crippen molar-refractivity contribution in [1.82, 2.24) is 0 Å². The molecule has 0 saturated carbocycles. The van der Waals surface area contributed by atoms with Crippen LogP contribution in [0.5, 0.6) is 5.75 Å². The van der Waals surface area contributed by atoms with Crippen molar-refractivity contribution in [3.63, 3.8) is 0 Å². The van der Waals surface area contributed by atoms with Gasteiger partial charge in [0.15, 0.2) is 0 Å². The van der Waals surface area contributed by atoms with E-state index in [1.54, 1.807) is 25.8 Å². The van der Waals surface area contributed by atoms with E-state index >= 15 is 0 Å². The molecule has 0 aromatic heterocycles. The Morgan fingerprint density at radius 3 is 2.26 bits per heavy atom. The largest absolute Gasteiger partial charge is 0.497 e. The van der Waals surface area contributed by atoms with Crippen LogP contribution < -0.4 is 4.74 Å². The first-order valence-corrected chi connectivity index (χ1v) is 8.74. The van der Waals surface area contributed by atoms with Gasteiger partial charge in [0, 0.05) is 17.1 Å². The van der Waals surface area contributed by atoms with Gasteiger partial charge in [0.05, 0.1) is 13.7 Å². The predicted octanol–water partition coefficient (Wildman–Crippen LogP) is 4.80. The highest BCUT2D eigenvalue weighted by Crippen LogP contribution is 2.32. The summed E-state index contributed by atoms with van der Waals surface area (Å²) in [6.07, 6.45) is 1.33. The highest BCUT2D eigenvalue weighted by molar-refractivity contribution is 7.99. The quantitative estimate of drug-likeness (QED) is 0.354. The average molecular weight is 330 g/mol. The number of rotatable bonds is 7. The summed E-state index contributed by atoms with van der Waals surface area (Å²) in [5, 5.41) is 0. The van der Waals surface area contributed by atoms with Gasteiger partial charge in [-0.25, -0.2) is 0 Å². The minimum atomic E-state index is -0.126. The van der Waals surface area contributed by atoms with Gasteiger partial charge in [-0.15, -0.1) is 11.8 Å². The second-order valence-corrected chi connectivity index (χ2v) is 6.20. The molecule has 0 unspecified atom stereocenters. The summed E-state index contributed by atoms with van der Waals surface area (Å²) in [5.74, 6) is 1.69. The van der Waals surface area contributed by atoms with Gasteiger partial charge in [-0.05, 0) is 47.9 Å². The molecule has 1 aromatic carbocycles. The Kier molecular flexibility index (Phi) is 7.01.